The lowest BCUT2D eigenvalue weighted by Gasteiger charge is -2.08. The minimum Gasteiger partial charge on any atom is -0.497 e. The number of aryl methyl sites for hydroxylation is 1. The van der Waals surface area contributed by atoms with E-state index in [9.17, 15) is 4.79 Å². The van der Waals surface area contributed by atoms with Gasteiger partial charge in [-0.15, -0.1) is 0 Å². The van der Waals surface area contributed by atoms with Crippen LogP contribution in [0.5, 0.6) is 5.75 Å². The van der Waals surface area contributed by atoms with Crippen LogP contribution in [0.25, 0.3) is 0 Å². The third kappa shape index (κ3) is 4.70. The minimum absolute atomic E-state index is 0.179. The van der Waals surface area contributed by atoms with Gasteiger partial charge < -0.3 is 9.30 Å². The number of ether oxygens (including phenoxy) is 1. The predicted molar refractivity (Wildman–Crippen MR) is 102 cm³/mol. The fraction of sp³-hybridized carbons (Fsp3) is 0.182. The zero-order valence-electron chi connectivity index (χ0n) is 15.1. The molecule has 0 bridgehead atoms. The fourth-order valence-corrected chi connectivity index (χ4v) is 2.72. The predicted octanol–water partition coefficient (Wildman–Crippen LogP) is 3.52. The number of pyridine rings is 1. The number of rotatable bonds is 5. The number of carbonyl (C=O) groups excluding carboxylic acids is 1. The van der Waals surface area contributed by atoms with Crippen LogP contribution < -0.4 is 10.2 Å². The maximum absolute atomic E-state index is 12.4. The maximum atomic E-state index is 12.4. The molecule has 0 aliphatic carbocycles. The van der Waals surface area contributed by atoms with Crippen molar-refractivity contribution in [3.63, 3.8) is 0 Å². The molecule has 3 aromatic rings. The molecule has 26 heavy (non-hydrogen) atoms. The molecule has 4 heteroatoms. The Morgan fingerprint density at radius 2 is 1.81 bits per heavy atom. The van der Waals surface area contributed by atoms with Gasteiger partial charge in [0.2, 0.25) is 0 Å². The molecule has 1 heterocycles. The summed E-state index contributed by atoms with van der Waals surface area (Å²) in [5, 5.41) is 0. The van der Waals surface area contributed by atoms with Crippen molar-refractivity contribution < 1.29 is 9.53 Å². The summed E-state index contributed by atoms with van der Waals surface area (Å²) in [6.07, 6.45) is 2.19. The largest absolute Gasteiger partial charge is 0.497 e. The average molecular weight is 346 g/mol. The highest BCUT2D eigenvalue weighted by atomic mass is 16.5. The van der Waals surface area contributed by atoms with E-state index in [0.717, 1.165) is 11.3 Å². The summed E-state index contributed by atoms with van der Waals surface area (Å²) in [5.41, 5.74) is 3.94. The highest BCUT2D eigenvalue weighted by Crippen LogP contribution is 2.13. The zero-order valence-corrected chi connectivity index (χ0v) is 15.1. The van der Waals surface area contributed by atoms with Crippen LogP contribution in [0.2, 0.25) is 0 Å². The number of aromatic nitrogens is 1. The molecule has 0 N–H and O–H groups in total. The van der Waals surface area contributed by atoms with Crippen LogP contribution in [0, 0.1) is 6.92 Å². The number of hydrogen-bond acceptors (Lipinski definition) is 2. The molecule has 2 aromatic carbocycles. The van der Waals surface area contributed by atoms with E-state index in [4.69, 9.17) is 4.74 Å². The third-order valence-corrected chi connectivity index (χ3v) is 4.12. The smallest absolute Gasteiger partial charge is 0.252 e. The minimum atomic E-state index is -0.179. The number of carbonyl (C=O) groups is 1. The Hall–Kier alpha value is -3.14. The van der Waals surface area contributed by atoms with Crippen LogP contribution in [-0.4, -0.2) is 17.6 Å². The maximum Gasteiger partial charge on any atom is 0.252 e. The van der Waals surface area contributed by atoms with E-state index in [1.807, 2.05) is 53.2 Å². The van der Waals surface area contributed by atoms with Gasteiger partial charge in [0.05, 0.1) is 13.5 Å². The molecule has 0 saturated heterocycles. The van der Waals surface area contributed by atoms with Crippen LogP contribution in [0.1, 0.15) is 16.7 Å². The van der Waals surface area contributed by atoms with Gasteiger partial charge in [-0.3, -0.25) is 4.79 Å². The van der Waals surface area contributed by atoms with Gasteiger partial charge in [0.1, 0.15) is 11.2 Å². The standard InChI is InChI=1S/C22H22N2O2/c1-17-9-11-18(12-10-17)16-24-13-4-3-8-21(24)23-22(25)15-19-6-5-7-20(14-19)26-2/h3-14H,15-16H2,1-2H3. The number of methoxy groups -OCH3 is 1. The highest BCUT2D eigenvalue weighted by molar-refractivity contribution is 5.79. The molecule has 0 saturated carbocycles. The Kier molecular flexibility index (Phi) is 5.64. The van der Waals surface area contributed by atoms with Crippen molar-refractivity contribution in [2.75, 3.05) is 7.11 Å². The Bertz CT molecular complexity index is 956. The van der Waals surface area contributed by atoms with Crippen LogP contribution >= 0.6 is 0 Å². The molecule has 0 fully saturated rings. The molecule has 132 valence electrons. The van der Waals surface area contributed by atoms with Crippen molar-refractivity contribution in [3.8, 4) is 5.75 Å². The SMILES string of the molecule is COc1cccc(CC(=O)N=c2ccccn2Cc2ccc(C)cc2)c1. The van der Waals surface area contributed by atoms with E-state index in [2.05, 4.69) is 36.2 Å². The van der Waals surface area contributed by atoms with Gasteiger partial charge in [-0.2, -0.15) is 4.99 Å². The van der Waals surface area contributed by atoms with Crippen molar-refractivity contribution in [1.29, 1.82) is 0 Å². The van der Waals surface area contributed by atoms with E-state index in [1.54, 1.807) is 7.11 Å². The van der Waals surface area contributed by atoms with Gasteiger partial charge in [-0.1, -0.05) is 48.0 Å². The second-order valence-corrected chi connectivity index (χ2v) is 6.21. The number of nitrogens with zero attached hydrogens (tertiary/aromatic N) is 2. The van der Waals surface area contributed by atoms with Crippen molar-refractivity contribution in [1.82, 2.24) is 4.57 Å². The summed E-state index contributed by atoms with van der Waals surface area (Å²) in [4.78, 5) is 16.7. The molecule has 0 aliphatic heterocycles. The van der Waals surface area contributed by atoms with Gasteiger partial charge in [-0.05, 0) is 42.3 Å². The third-order valence-electron chi connectivity index (χ3n) is 4.12. The Balaban J connectivity index is 1.81. The zero-order chi connectivity index (χ0) is 18.4. The van der Waals surface area contributed by atoms with E-state index in [-0.39, 0.29) is 12.3 Å². The van der Waals surface area contributed by atoms with E-state index < -0.39 is 0 Å². The average Bonchev–Trinajstić information content (AvgIpc) is 2.65. The van der Waals surface area contributed by atoms with Gasteiger partial charge in [0.25, 0.3) is 5.91 Å². The second-order valence-electron chi connectivity index (χ2n) is 6.21. The quantitative estimate of drug-likeness (QED) is 0.709. The first-order chi connectivity index (χ1) is 12.6. The number of amides is 1. The molecule has 0 radical (unpaired) electrons. The van der Waals surface area contributed by atoms with E-state index in [0.29, 0.717) is 12.0 Å². The summed E-state index contributed by atoms with van der Waals surface area (Å²) in [7, 11) is 1.61. The molecule has 0 unspecified atom stereocenters. The molecule has 1 aromatic heterocycles. The lowest BCUT2D eigenvalue weighted by molar-refractivity contribution is -0.117. The molecule has 0 aliphatic rings. The first kappa shape index (κ1) is 17.7. The van der Waals surface area contributed by atoms with Crippen LogP contribution in [0.4, 0.5) is 0 Å². The molecule has 4 nitrogen and oxygen atoms in total. The monoisotopic (exact) mass is 346 g/mol. The van der Waals surface area contributed by atoms with Gasteiger partial charge in [0, 0.05) is 12.7 Å². The Morgan fingerprint density at radius 1 is 1.00 bits per heavy atom. The lowest BCUT2D eigenvalue weighted by Crippen LogP contribution is -2.22. The van der Waals surface area contributed by atoms with Crippen molar-refractivity contribution in [2.24, 2.45) is 4.99 Å². The number of hydrogen-bond donors (Lipinski definition) is 0. The van der Waals surface area contributed by atoms with E-state index in [1.165, 1.54) is 11.1 Å². The Labute approximate surface area is 153 Å². The highest BCUT2D eigenvalue weighted by Gasteiger charge is 2.04. The lowest BCUT2D eigenvalue weighted by atomic mass is 10.1. The molecular weight excluding hydrogens is 324 g/mol. The topological polar surface area (TPSA) is 43.6 Å². The molecule has 0 spiro atoms. The fourth-order valence-electron chi connectivity index (χ4n) is 2.72. The van der Waals surface area contributed by atoms with Crippen molar-refractivity contribution in [2.45, 2.75) is 19.9 Å². The Morgan fingerprint density at radius 3 is 2.58 bits per heavy atom. The second kappa shape index (κ2) is 8.30. The first-order valence-corrected chi connectivity index (χ1v) is 8.55. The van der Waals surface area contributed by atoms with Crippen LogP contribution in [0.15, 0.2) is 77.9 Å². The summed E-state index contributed by atoms with van der Waals surface area (Å²) in [5.74, 6) is 0.562. The molecule has 1 amide bonds. The van der Waals surface area contributed by atoms with Crippen LogP contribution in [-0.2, 0) is 17.8 Å². The molecule has 3 rings (SSSR count). The summed E-state index contributed by atoms with van der Waals surface area (Å²) in [6.45, 7) is 2.74. The summed E-state index contributed by atoms with van der Waals surface area (Å²) < 4.78 is 7.18. The van der Waals surface area contributed by atoms with Crippen LogP contribution in [0.3, 0.4) is 0 Å². The van der Waals surface area contributed by atoms with E-state index >= 15 is 0 Å². The van der Waals surface area contributed by atoms with Gasteiger partial charge >= 0.3 is 0 Å². The molecular formula is C22H22N2O2. The van der Waals surface area contributed by atoms with Gasteiger partial charge in [-0.25, -0.2) is 0 Å². The first-order valence-electron chi connectivity index (χ1n) is 8.55. The summed E-state index contributed by atoms with van der Waals surface area (Å²) in [6, 6.07) is 21.6. The number of benzene rings is 2. The van der Waals surface area contributed by atoms with Crippen molar-refractivity contribution in [3.05, 3.63) is 95.1 Å². The summed E-state index contributed by atoms with van der Waals surface area (Å²) >= 11 is 0. The van der Waals surface area contributed by atoms with Crippen molar-refractivity contribution >= 4 is 5.91 Å². The van der Waals surface area contributed by atoms with Gasteiger partial charge in [0.15, 0.2) is 0 Å². The normalized spacial score (nSPS) is 11.4. The molecule has 0 atom stereocenters.